The number of carbonyl (C=O) groups is 3. The smallest absolute Gasteiger partial charge is 0.344 e. The van der Waals surface area contributed by atoms with Crippen LogP contribution in [0.5, 0.6) is 11.5 Å². The average Bonchev–Trinajstić information content (AvgIpc) is 3.02. The van der Waals surface area contributed by atoms with Gasteiger partial charge in [-0.3, -0.25) is 14.5 Å². The van der Waals surface area contributed by atoms with E-state index in [-0.39, 0.29) is 30.9 Å². The predicted molar refractivity (Wildman–Crippen MR) is 125 cm³/mol. The molecule has 0 spiro atoms. The van der Waals surface area contributed by atoms with Crippen molar-refractivity contribution in [1.82, 2.24) is 4.90 Å². The summed E-state index contributed by atoms with van der Waals surface area (Å²) in [6, 6.07) is 12.5. The van der Waals surface area contributed by atoms with E-state index in [4.69, 9.17) is 14.2 Å². The van der Waals surface area contributed by atoms with Gasteiger partial charge in [0.25, 0.3) is 11.1 Å². The molecule has 1 aliphatic heterocycles. The summed E-state index contributed by atoms with van der Waals surface area (Å²) in [5.74, 6) is -0.00817. The highest BCUT2D eigenvalue weighted by Gasteiger charge is 2.35. The Morgan fingerprint density at radius 3 is 2.56 bits per heavy atom. The molecule has 2 aromatic carbocycles. The van der Waals surface area contributed by atoms with Crippen LogP contribution in [0, 0.1) is 0 Å². The van der Waals surface area contributed by atoms with Gasteiger partial charge in [-0.2, -0.15) is 0 Å². The lowest BCUT2D eigenvalue weighted by atomic mass is 10.1. The highest BCUT2D eigenvalue weighted by molar-refractivity contribution is 9.10. The zero-order valence-corrected chi connectivity index (χ0v) is 20.0. The van der Waals surface area contributed by atoms with Crippen LogP contribution in [0.3, 0.4) is 0 Å². The fraction of sp³-hybridized carbons (Fsp3) is 0.261. The Labute approximate surface area is 198 Å². The van der Waals surface area contributed by atoms with Crippen LogP contribution in [-0.2, 0) is 20.9 Å². The maximum atomic E-state index is 12.8. The van der Waals surface area contributed by atoms with Crippen LogP contribution in [0.2, 0.25) is 0 Å². The number of imide groups is 1. The number of ether oxygens (including phenoxy) is 3. The van der Waals surface area contributed by atoms with Crippen molar-refractivity contribution < 1.29 is 28.6 Å². The first-order valence-electron chi connectivity index (χ1n) is 9.97. The predicted octanol–water partition coefficient (Wildman–Crippen LogP) is 5.03. The lowest BCUT2D eigenvalue weighted by Crippen LogP contribution is -2.27. The number of amides is 2. The summed E-state index contributed by atoms with van der Waals surface area (Å²) in [5, 5.41) is -0.323. The normalized spacial score (nSPS) is 14.7. The summed E-state index contributed by atoms with van der Waals surface area (Å²) in [6.07, 6.45) is 1.64. The molecule has 0 unspecified atom stereocenters. The maximum absolute atomic E-state index is 12.8. The average molecular weight is 520 g/mol. The van der Waals surface area contributed by atoms with Crippen LogP contribution in [0.25, 0.3) is 6.08 Å². The summed E-state index contributed by atoms with van der Waals surface area (Å²) >= 11 is 4.34. The van der Waals surface area contributed by atoms with E-state index in [0.717, 1.165) is 21.8 Å². The molecule has 2 amide bonds. The van der Waals surface area contributed by atoms with Crippen molar-refractivity contribution in [2.45, 2.75) is 20.4 Å². The van der Waals surface area contributed by atoms with Gasteiger partial charge < -0.3 is 14.2 Å². The van der Waals surface area contributed by atoms with Gasteiger partial charge in [0.2, 0.25) is 0 Å². The number of hydrogen-bond acceptors (Lipinski definition) is 7. The van der Waals surface area contributed by atoms with Crippen LogP contribution < -0.4 is 9.47 Å². The van der Waals surface area contributed by atoms with Gasteiger partial charge in [0.15, 0.2) is 18.1 Å². The minimum absolute atomic E-state index is 0.189. The summed E-state index contributed by atoms with van der Waals surface area (Å²) in [5.41, 5.74) is 1.51. The largest absolute Gasteiger partial charge is 0.490 e. The number of halogens is 1. The Morgan fingerprint density at radius 1 is 1.06 bits per heavy atom. The first-order chi connectivity index (χ1) is 15.4. The Hall–Kier alpha value is -2.78. The second-order valence-corrected chi connectivity index (χ2v) is 8.44. The molecule has 7 nitrogen and oxygen atoms in total. The monoisotopic (exact) mass is 519 g/mol. The van der Waals surface area contributed by atoms with Crippen molar-refractivity contribution in [3.05, 3.63) is 63.0 Å². The van der Waals surface area contributed by atoms with Gasteiger partial charge in [0, 0.05) is 4.47 Å². The Morgan fingerprint density at radius 2 is 1.84 bits per heavy atom. The summed E-state index contributed by atoms with van der Waals surface area (Å²) < 4.78 is 16.8. The van der Waals surface area contributed by atoms with Crippen LogP contribution in [0.1, 0.15) is 25.0 Å². The van der Waals surface area contributed by atoms with E-state index in [1.165, 1.54) is 4.90 Å². The number of nitrogens with zero attached hydrogens (tertiary/aromatic N) is 1. The lowest BCUT2D eigenvalue weighted by Gasteiger charge is -2.13. The molecule has 0 saturated carbocycles. The zero-order valence-electron chi connectivity index (χ0n) is 17.6. The molecule has 0 radical (unpaired) electrons. The van der Waals surface area contributed by atoms with Gasteiger partial charge >= 0.3 is 5.97 Å². The van der Waals surface area contributed by atoms with Gasteiger partial charge in [0.05, 0.1) is 24.7 Å². The Balaban J connectivity index is 1.77. The van der Waals surface area contributed by atoms with Gasteiger partial charge in [-0.05, 0) is 61.0 Å². The highest BCUT2D eigenvalue weighted by Crippen LogP contribution is 2.36. The van der Waals surface area contributed by atoms with E-state index in [0.29, 0.717) is 28.6 Å². The van der Waals surface area contributed by atoms with Gasteiger partial charge in [-0.25, -0.2) is 4.79 Å². The minimum Gasteiger partial charge on any atom is -0.490 e. The zero-order chi connectivity index (χ0) is 23.1. The van der Waals surface area contributed by atoms with Crippen LogP contribution in [0.15, 0.2) is 51.8 Å². The van der Waals surface area contributed by atoms with E-state index < -0.39 is 5.97 Å². The second-order valence-electron chi connectivity index (χ2n) is 6.59. The van der Waals surface area contributed by atoms with Gasteiger partial charge in [0.1, 0.15) is 0 Å². The van der Waals surface area contributed by atoms with Gasteiger partial charge in [-0.15, -0.1) is 0 Å². The number of thioether (sulfide) groups is 1. The number of benzene rings is 2. The summed E-state index contributed by atoms with van der Waals surface area (Å²) in [4.78, 5) is 38.4. The standard InChI is InChI=1S/C23H22BrNO6S/c1-3-29-19-11-15(9-10-18(19)31-14-21(26)30-4-2)12-20-22(27)25(23(28)32-20)13-16-7-5-6-8-17(16)24/h5-12H,3-4,13-14H2,1-2H3/b20-12-. The molecule has 2 aromatic rings. The fourth-order valence-corrected chi connectivity index (χ4v) is 4.17. The molecule has 0 atom stereocenters. The first kappa shape index (κ1) is 23.9. The van der Waals surface area contributed by atoms with Crippen LogP contribution in [0.4, 0.5) is 4.79 Å². The molecule has 1 heterocycles. The molecule has 1 aliphatic rings. The summed E-state index contributed by atoms with van der Waals surface area (Å²) in [7, 11) is 0. The molecule has 1 saturated heterocycles. The van der Waals surface area contributed by atoms with Crippen molar-refractivity contribution >= 4 is 50.9 Å². The van der Waals surface area contributed by atoms with Crippen LogP contribution in [-0.4, -0.2) is 41.8 Å². The Bertz CT molecular complexity index is 1050. The van der Waals surface area contributed by atoms with Crippen molar-refractivity contribution in [3.63, 3.8) is 0 Å². The number of carbonyl (C=O) groups excluding carboxylic acids is 3. The Kier molecular flexibility index (Phi) is 8.35. The van der Waals surface area contributed by atoms with E-state index in [2.05, 4.69) is 15.9 Å². The van der Waals surface area contributed by atoms with Crippen molar-refractivity contribution in [2.75, 3.05) is 19.8 Å². The quantitative estimate of drug-likeness (QED) is 0.339. The molecule has 3 rings (SSSR count). The van der Waals surface area contributed by atoms with E-state index in [1.807, 2.05) is 31.2 Å². The third kappa shape index (κ3) is 5.92. The van der Waals surface area contributed by atoms with E-state index >= 15 is 0 Å². The number of esters is 1. The lowest BCUT2D eigenvalue weighted by molar-refractivity contribution is -0.145. The van der Waals surface area contributed by atoms with Crippen LogP contribution >= 0.6 is 27.7 Å². The van der Waals surface area contributed by atoms with Crippen molar-refractivity contribution in [2.24, 2.45) is 0 Å². The topological polar surface area (TPSA) is 82.1 Å². The molecule has 168 valence electrons. The number of hydrogen-bond donors (Lipinski definition) is 0. The summed E-state index contributed by atoms with van der Waals surface area (Å²) in [6.45, 7) is 4.17. The first-order valence-corrected chi connectivity index (χ1v) is 11.6. The molecule has 0 bridgehead atoms. The van der Waals surface area contributed by atoms with E-state index in [1.54, 1.807) is 31.2 Å². The number of rotatable bonds is 9. The van der Waals surface area contributed by atoms with Crippen molar-refractivity contribution in [1.29, 1.82) is 0 Å². The van der Waals surface area contributed by atoms with E-state index in [9.17, 15) is 14.4 Å². The molecular formula is C23H22BrNO6S. The highest BCUT2D eigenvalue weighted by atomic mass is 79.9. The third-order valence-electron chi connectivity index (χ3n) is 4.38. The molecule has 32 heavy (non-hydrogen) atoms. The fourth-order valence-electron chi connectivity index (χ4n) is 2.93. The molecule has 9 heteroatoms. The molecular weight excluding hydrogens is 498 g/mol. The maximum Gasteiger partial charge on any atom is 0.344 e. The van der Waals surface area contributed by atoms with Gasteiger partial charge in [-0.1, -0.05) is 40.2 Å². The molecule has 1 fully saturated rings. The molecule has 0 N–H and O–H groups in total. The molecule has 0 aromatic heterocycles. The second kappa shape index (κ2) is 11.2. The third-order valence-corrected chi connectivity index (χ3v) is 6.06. The van der Waals surface area contributed by atoms with Crippen molar-refractivity contribution in [3.8, 4) is 11.5 Å². The minimum atomic E-state index is -0.474. The SMILES string of the molecule is CCOC(=O)COc1ccc(/C=C2\SC(=O)N(Cc3ccccc3Br)C2=O)cc1OCC. The molecule has 0 aliphatic carbocycles.